The average Bonchev–Trinajstić information content (AvgIpc) is 3.51. The normalized spacial score (nSPS) is 11.0. The Morgan fingerprint density at radius 3 is 2.34 bits per heavy atom. The number of rotatable bonds is 9. The molecule has 5 aromatic rings. The number of hydrogen-bond acceptors (Lipinski definition) is 4. The van der Waals surface area contributed by atoms with Crippen LogP contribution in [0, 0.1) is 6.92 Å². The highest BCUT2D eigenvalue weighted by molar-refractivity contribution is 7.80. The van der Waals surface area contributed by atoms with Gasteiger partial charge in [-0.3, -0.25) is 9.59 Å². The number of thiocarbonyl (C=S) groups is 1. The summed E-state index contributed by atoms with van der Waals surface area (Å²) in [6, 6.07) is 34.9. The minimum absolute atomic E-state index is 0.0457. The van der Waals surface area contributed by atoms with Crippen molar-refractivity contribution < 1.29 is 14.0 Å². The largest absolute Gasteiger partial charge is 0.457 e. The maximum absolute atomic E-state index is 13.4. The highest BCUT2D eigenvalue weighted by Crippen LogP contribution is 2.24. The summed E-state index contributed by atoms with van der Waals surface area (Å²) in [4.78, 5) is 26.4. The predicted molar refractivity (Wildman–Crippen MR) is 180 cm³/mol. The lowest BCUT2D eigenvalue weighted by Crippen LogP contribution is -2.34. The molecule has 0 unspecified atom stereocenters. The first-order valence-corrected chi connectivity index (χ1v) is 14.6. The van der Waals surface area contributed by atoms with E-state index >= 15 is 0 Å². The number of nitrogens with one attached hydrogen (secondary N) is 4. The van der Waals surface area contributed by atoms with Gasteiger partial charge >= 0.3 is 0 Å². The van der Waals surface area contributed by atoms with Crippen LogP contribution < -0.4 is 21.3 Å². The van der Waals surface area contributed by atoms with Gasteiger partial charge in [0.15, 0.2) is 5.11 Å². The van der Waals surface area contributed by atoms with E-state index in [0.717, 1.165) is 28.1 Å². The van der Waals surface area contributed by atoms with Crippen LogP contribution in [0.3, 0.4) is 0 Å². The molecule has 0 aliphatic heterocycles. The fourth-order valence-electron chi connectivity index (χ4n) is 4.34. The van der Waals surface area contributed by atoms with E-state index in [9.17, 15) is 9.59 Å². The van der Waals surface area contributed by atoms with Crippen molar-refractivity contribution >= 4 is 58.2 Å². The van der Waals surface area contributed by atoms with Gasteiger partial charge < -0.3 is 25.7 Å². The van der Waals surface area contributed by atoms with Gasteiger partial charge in [-0.1, -0.05) is 78.3 Å². The van der Waals surface area contributed by atoms with Crippen LogP contribution in [0.2, 0.25) is 5.02 Å². The second kappa shape index (κ2) is 14.3. The molecule has 0 aliphatic rings. The molecule has 0 atom stereocenters. The maximum Gasteiger partial charge on any atom is 0.268 e. The maximum atomic E-state index is 13.4. The number of furan rings is 1. The quantitative estimate of drug-likeness (QED) is 0.0992. The van der Waals surface area contributed by atoms with Gasteiger partial charge in [-0.05, 0) is 78.8 Å². The molecule has 44 heavy (non-hydrogen) atoms. The number of anilines is 2. The summed E-state index contributed by atoms with van der Waals surface area (Å²) >= 11 is 11.7. The fourth-order valence-corrected chi connectivity index (χ4v) is 4.74. The van der Waals surface area contributed by atoms with E-state index in [-0.39, 0.29) is 12.2 Å². The first-order valence-electron chi connectivity index (χ1n) is 13.8. The van der Waals surface area contributed by atoms with E-state index in [1.165, 1.54) is 6.08 Å². The summed E-state index contributed by atoms with van der Waals surface area (Å²) < 4.78 is 5.97. The Labute approximate surface area is 266 Å². The molecule has 0 radical (unpaired) electrons. The molecular formula is C35H29ClN4O3S. The fraction of sp³-hybridized carbons (Fsp3) is 0.0571. The Hall–Kier alpha value is -5.18. The van der Waals surface area contributed by atoms with Gasteiger partial charge in [0.05, 0.1) is 0 Å². The van der Waals surface area contributed by atoms with Crippen molar-refractivity contribution in [2.75, 3.05) is 10.6 Å². The average molecular weight is 621 g/mol. The summed E-state index contributed by atoms with van der Waals surface area (Å²) in [5, 5.41) is 13.0. The molecule has 5 rings (SSSR count). The minimum Gasteiger partial charge on any atom is -0.457 e. The Bertz CT molecular complexity index is 1820. The summed E-state index contributed by atoms with van der Waals surface area (Å²) in [6.07, 6.45) is 1.52. The SMILES string of the molecule is Cc1c(Cl)cccc1NC(=S)Nc1cccc(CNC(=O)C(=Cc2ccc(-c3ccccc3)o2)NC(=O)c2ccccc2)c1. The van der Waals surface area contributed by atoms with Gasteiger partial charge in [-0.2, -0.15) is 0 Å². The second-order valence-electron chi connectivity index (χ2n) is 9.82. The van der Waals surface area contributed by atoms with Crippen molar-refractivity contribution in [1.29, 1.82) is 0 Å². The highest BCUT2D eigenvalue weighted by atomic mass is 35.5. The number of hydrogen-bond donors (Lipinski definition) is 4. The van der Waals surface area contributed by atoms with Crippen LogP contribution in [-0.2, 0) is 11.3 Å². The number of carbonyl (C=O) groups is 2. The van der Waals surface area contributed by atoms with Gasteiger partial charge in [0.1, 0.15) is 17.2 Å². The van der Waals surface area contributed by atoms with Crippen molar-refractivity contribution in [3.63, 3.8) is 0 Å². The van der Waals surface area contributed by atoms with Crippen molar-refractivity contribution in [2.45, 2.75) is 13.5 Å². The first kappa shape index (κ1) is 30.3. The summed E-state index contributed by atoms with van der Waals surface area (Å²) in [7, 11) is 0. The number of amides is 2. The Morgan fingerprint density at radius 2 is 1.57 bits per heavy atom. The highest BCUT2D eigenvalue weighted by Gasteiger charge is 2.16. The van der Waals surface area contributed by atoms with E-state index in [1.807, 2.05) is 91.9 Å². The molecule has 220 valence electrons. The van der Waals surface area contributed by atoms with Gasteiger partial charge in [-0.15, -0.1) is 0 Å². The third-order valence-corrected chi connectivity index (χ3v) is 7.27. The molecule has 1 aromatic heterocycles. The molecule has 0 aliphatic carbocycles. The molecule has 4 aromatic carbocycles. The van der Waals surface area contributed by atoms with E-state index in [1.54, 1.807) is 30.3 Å². The van der Waals surface area contributed by atoms with Crippen LogP contribution in [0.4, 0.5) is 11.4 Å². The molecule has 7 nitrogen and oxygen atoms in total. The lowest BCUT2D eigenvalue weighted by atomic mass is 10.2. The Balaban J connectivity index is 1.28. The van der Waals surface area contributed by atoms with Crippen LogP contribution in [-0.4, -0.2) is 16.9 Å². The standard InChI is InChI=1S/C35H29ClN4O3S/c1-23-29(36)16-9-17-30(23)40-35(44)38-27-15-8-10-24(20-27)22-37-34(42)31(39-33(41)26-13-6-3-7-14-26)21-28-18-19-32(43-28)25-11-4-2-5-12-25/h2-21H,22H2,1H3,(H,37,42)(H,39,41)(H2,38,40,44). The summed E-state index contributed by atoms with van der Waals surface area (Å²) in [5.41, 5.74) is 4.63. The molecule has 4 N–H and O–H groups in total. The van der Waals surface area contributed by atoms with Crippen molar-refractivity contribution in [2.24, 2.45) is 0 Å². The zero-order valence-electron chi connectivity index (χ0n) is 23.8. The predicted octanol–water partition coefficient (Wildman–Crippen LogP) is 7.80. The van der Waals surface area contributed by atoms with Crippen LogP contribution in [0.25, 0.3) is 17.4 Å². The topological polar surface area (TPSA) is 95.4 Å². The Morgan fingerprint density at radius 1 is 0.841 bits per heavy atom. The molecule has 1 heterocycles. The zero-order chi connectivity index (χ0) is 30.9. The lowest BCUT2D eigenvalue weighted by Gasteiger charge is -2.14. The van der Waals surface area contributed by atoms with Gasteiger partial charge in [-0.25, -0.2) is 0 Å². The molecule has 9 heteroatoms. The number of carbonyl (C=O) groups excluding carboxylic acids is 2. The number of benzene rings is 4. The first-order chi connectivity index (χ1) is 21.4. The lowest BCUT2D eigenvalue weighted by molar-refractivity contribution is -0.117. The molecule has 0 saturated heterocycles. The molecule has 2 amide bonds. The van der Waals surface area contributed by atoms with E-state index in [4.69, 9.17) is 28.2 Å². The van der Waals surface area contributed by atoms with Crippen molar-refractivity contribution in [3.05, 3.63) is 148 Å². The van der Waals surface area contributed by atoms with Gasteiger partial charge in [0.25, 0.3) is 11.8 Å². The van der Waals surface area contributed by atoms with E-state index in [0.29, 0.717) is 27.2 Å². The van der Waals surface area contributed by atoms with Crippen LogP contribution >= 0.6 is 23.8 Å². The number of halogens is 1. The van der Waals surface area contributed by atoms with E-state index in [2.05, 4.69) is 21.3 Å². The summed E-state index contributed by atoms with van der Waals surface area (Å²) in [5.74, 6) is 0.181. The van der Waals surface area contributed by atoms with Crippen molar-refractivity contribution in [1.82, 2.24) is 10.6 Å². The molecular weight excluding hydrogens is 592 g/mol. The van der Waals surface area contributed by atoms with E-state index < -0.39 is 11.8 Å². The van der Waals surface area contributed by atoms with Gasteiger partial charge in [0, 0.05) is 40.1 Å². The monoisotopic (exact) mass is 620 g/mol. The van der Waals surface area contributed by atoms with Crippen LogP contribution in [0.1, 0.15) is 27.2 Å². The molecule has 0 bridgehead atoms. The molecule has 0 saturated carbocycles. The molecule has 0 spiro atoms. The Kier molecular flexibility index (Phi) is 9.86. The third kappa shape index (κ3) is 8.01. The third-order valence-electron chi connectivity index (χ3n) is 6.65. The summed E-state index contributed by atoms with van der Waals surface area (Å²) in [6.45, 7) is 2.11. The minimum atomic E-state index is -0.473. The smallest absolute Gasteiger partial charge is 0.268 e. The van der Waals surface area contributed by atoms with Crippen molar-refractivity contribution in [3.8, 4) is 11.3 Å². The molecule has 0 fully saturated rings. The van der Waals surface area contributed by atoms with Crippen LogP contribution in [0.15, 0.2) is 125 Å². The van der Waals surface area contributed by atoms with Gasteiger partial charge in [0.2, 0.25) is 0 Å². The zero-order valence-corrected chi connectivity index (χ0v) is 25.3. The second-order valence-corrected chi connectivity index (χ2v) is 10.6. The van der Waals surface area contributed by atoms with Crippen LogP contribution in [0.5, 0.6) is 0 Å².